The lowest BCUT2D eigenvalue weighted by Gasteiger charge is -2.38. The number of nitrogens with one attached hydrogen (secondary N) is 2. The maximum Gasteiger partial charge on any atom is 0.246 e. The van der Waals surface area contributed by atoms with Crippen molar-refractivity contribution in [2.75, 3.05) is 38.6 Å². The number of hydrogen-bond donors (Lipinski definition) is 2. The van der Waals surface area contributed by atoms with E-state index in [9.17, 15) is 14.4 Å². The van der Waals surface area contributed by atoms with E-state index in [4.69, 9.17) is 9.47 Å². The Morgan fingerprint density at radius 3 is 2.52 bits per heavy atom. The van der Waals surface area contributed by atoms with Gasteiger partial charge in [-0.3, -0.25) is 14.4 Å². The molecular weight excluding hydrogens is 532 g/mol. The maximum absolute atomic E-state index is 14.2. The van der Waals surface area contributed by atoms with Crippen LogP contribution in [0.2, 0.25) is 0 Å². The zero-order valence-corrected chi connectivity index (χ0v) is 25.2. The highest BCUT2D eigenvalue weighted by Gasteiger charge is 2.72. The predicted octanol–water partition coefficient (Wildman–Crippen LogP) is 3.60. The van der Waals surface area contributed by atoms with Gasteiger partial charge in [0.1, 0.15) is 17.4 Å². The molecule has 2 bridgehead atoms. The van der Waals surface area contributed by atoms with E-state index >= 15 is 0 Å². The van der Waals surface area contributed by atoms with Crippen molar-refractivity contribution in [3.05, 3.63) is 36.4 Å². The van der Waals surface area contributed by atoms with Crippen molar-refractivity contribution in [2.45, 2.75) is 82.6 Å². The quantitative estimate of drug-likeness (QED) is 0.435. The van der Waals surface area contributed by atoms with Gasteiger partial charge in [-0.25, -0.2) is 0 Å². The van der Waals surface area contributed by atoms with Crippen LogP contribution in [0, 0.1) is 23.7 Å². The lowest BCUT2D eigenvalue weighted by atomic mass is 9.73. The Balaban J connectivity index is 1.24. The fraction of sp³-hybridized carbons (Fsp3) is 0.667. The number of nitrogens with zero attached hydrogens (tertiary/aromatic N) is 2. The topological polar surface area (TPSA) is 100 Å². The normalized spacial score (nSPS) is 35.7. The van der Waals surface area contributed by atoms with E-state index in [2.05, 4.69) is 29.4 Å². The molecule has 9 heteroatoms. The van der Waals surface area contributed by atoms with Crippen molar-refractivity contribution in [1.82, 2.24) is 15.1 Å². The van der Waals surface area contributed by atoms with E-state index in [0.29, 0.717) is 29.8 Å². The van der Waals surface area contributed by atoms with Crippen LogP contribution in [0.15, 0.2) is 36.4 Å². The molecule has 0 aromatic heterocycles. The summed E-state index contributed by atoms with van der Waals surface area (Å²) in [5, 5.41) is 6.33. The van der Waals surface area contributed by atoms with E-state index in [1.165, 1.54) is 25.7 Å². The Bertz CT molecular complexity index is 1200. The Hall–Kier alpha value is -2.91. The minimum absolute atomic E-state index is 0.0683. The molecule has 1 aliphatic carbocycles. The van der Waals surface area contributed by atoms with Gasteiger partial charge in [0.2, 0.25) is 17.7 Å². The van der Waals surface area contributed by atoms with E-state index in [0.717, 1.165) is 38.9 Å². The summed E-state index contributed by atoms with van der Waals surface area (Å²) >= 11 is 0. The van der Waals surface area contributed by atoms with Gasteiger partial charge < -0.3 is 29.9 Å². The summed E-state index contributed by atoms with van der Waals surface area (Å²) in [7, 11) is 1.60. The van der Waals surface area contributed by atoms with Crippen molar-refractivity contribution in [1.29, 1.82) is 0 Å². The number of hydrogen-bond acceptors (Lipinski definition) is 6. The summed E-state index contributed by atoms with van der Waals surface area (Å²) in [6.07, 6.45) is 10.9. The molecule has 1 saturated carbocycles. The number of carbonyl (C=O) groups excluding carboxylic acids is 3. The number of likely N-dealkylation sites (tertiary alicyclic amines) is 2. The number of piperidine rings is 1. The van der Waals surface area contributed by atoms with Gasteiger partial charge in [0.15, 0.2) is 0 Å². The highest BCUT2D eigenvalue weighted by Crippen LogP contribution is 2.55. The number of amides is 3. The molecule has 0 radical (unpaired) electrons. The average Bonchev–Trinajstić information content (AvgIpc) is 3.64. The molecule has 1 aromatic rings. The van der Waals surface area contributed by atoms with Crippen LogP contribution in [0.25, 0.3) is 0 Å². The van der Waals surface area contributed by atoms with Gasteiger partial charge >= 0.3 is 0 Å². The standard InChI is InChI=1S/C33H46N4O5/c1-21-9-7-10-25(22(21)2)35-31(39)29-33-16-15-26(42-33)27(30(38)34-23-11-13-24(41-3)14-12-23)28(33)32(40)37(29)20-8-19-36-17-5-4-6-18-36/h11-16,21-22,25-29H,4-10,17-20H2,1-3H3,(H,34,38)(H,35,39). The SMILES string of the molecule is COc1ccc(NC(=O)C2C3C=CC4(O3)C2C(=O)N(CCCN2CCCCC2)C4C(=O)NC2CCCC(C)C2C)cc1. The molecule has 1 aromatic carbocycles. The first-order valence-electron chi connectivity index (χ1n) is 16.0. The lowest BCUT2D eigenvalue weighted by Crippen LogP contribution is -2.58. The van der Waals surface area contributed by atoms with Gasteiger partial charge in [-0.15, -0.1) is 0 Å². The third kappa shape index (κ3) is 5.23. The van der Waals surface area contributed by atoms with Crippen molar-refractivity contribution >= 4 is 23.4 Å². The molecule has 1 spiro atoms. The molecule has 9 nitrogen and oxygen atoms in total. The molecule has 3 amide bonds. The summed E-state index contributed by atoms with van der Waals surface area (Å²) in [6, 6.07) is 6.41. The van der Waals surface area contributed by atoms with Crippen LogP contribution in [0.1, 0.15) is 58.8 Å². The van der Waals surface area contributed by atoms with Gasteiger partial charge in [0.05, 0.1) is 25.0 Å². The van der Waals surface area contributed by atoms with Gasteiger partial charge in [-0.2, -0.15) is 0 Å². The van der Waals surface area contributed by atoms with Crippen LogP contribution in [-0.4, -0.2) is 84.6 Å². The summed E-state index contributed by atoms with van der Waals surface area (Å²) < 4.78 is 11.8. The van der Waals surface area contributed by atoms with E-state index in [1.807, 2.05) is 12.2 Å². The van der Waals surface area contributed by atoms with Gasteiger partial charge in [0.25, 0.3) is 0 Å². The number of benzene rings is 1. The van der Waals surface area contributed by atoms with Crippen molar-refractivity contribution in [3.8, 4) is 5.75 Å². The molecule has 8 atom stereocenters. The van der Waals surface area contributed by atoms with Gasteiger partial charge in [-0.05, 0) is 81.4 Å². The predicted molar refractivity (Wildman–Crippen MR) is 160 cm³/mol. The van der Waals surface area contributed by atoms with Crippen LogP contribution in [0.5, 0.6) is 5.75 Å². The van der Waals surface area contributed by atoms with E-state index < -0.39 is 29.6 Å². The highest BCUT2D eigenvalue weighted by atomic mass is 16.5. The van der Waals surface area contributed by atoms with Crippen LogP contribution < -0.4 is 15.4 Å². The first kappa shape index (κ1) is 29.2. The highest BCUT2D eigenvalue weighted by molar-refractivity contribution is 6.02. The molecule has 5 aliphatic rings. The zero-order chi connectivity index (χ0) is 29.4. The number of carbonyl (C=O) groups is 3. The minimum Gasteiger partial charge on any atom is -0.497 e. The Kier molecular flexibility index (Phi) is 8.33. The molecule has 6 rings (SSSR count). The van der Waals surface area contributed by atoms with Crippen molar-refractivity contribution in [3.63, 3.8) is 0 Å². The molecule has 3 saturated heterocycles. The Morgan fingerprint density at radius 1 is 1.02 bits per heavy atom. The first-order chi connectivity index (χ1) is 20.3. The number of fused-ring (bicyclic) bond motifs is 1. The van der Waals surface area contributed by atoms with E-state index in [-0.39, 0.29) is 23.8 Å². The molecule has 8 unspecified atom stereocenters. The number of anilines is 1. The summed E-state index contributed by atoms with van der Waals surface area (Å²) in [5.41, 5.74) is -0.511. The van der Waals surface area contributed by atoms with Crippen molar-refractivity contribution < 1.29 is 23.9 Å². The van der Waals surface area contributed by atoms with Crippen LogP contribution in [0.4, 0.5) is 5.69 Å². The molecule has 4 fully saturated rings. The second-order valence-electron chi connectivity index (χ2n) is 13.1. The minimum atomic E-state index is -1.14. The smallest absolute Gasteiger partial charge is 0.246 e. The third-order valence-electron chi connectivity index (χ3n) is 10.6. The molecule has 4 aliphatic heterocycles. The molecule has 228 valence electrons. The number of ether oxygens (including phenoxy) is 2. The second-order valence-corrected chi connectivity index (χ2v) is 13.1. The number of methoxy groups -OCH3 is 1. The summed E-state index contributed by atoms with van der Waals surface area (Å²) in [5.74, 6) is -0.430. The fourth-order valence-electron chi connectivity index (χ4n) is 8.10. The first-order valence-corrected chi connectivity index (χ1v) is 16.0. The summed E-state index contributed by atoms with van der Waals surface area (Å²) in [6.45, 7) is 8.00. The number of rotatable bonds is 9. The van der Waals surface area contributed by atoms with Crippen LogP contribution >= 0.6 is 0 Å². The second kappa shape index (κ2) is 12.0. The monoisotopic (exact) mass is 578 g/mol. The third-order valence-corrected chi connectivity index (χ3v) is 10.6. The lowest BCUT2D eigenvalue weighted by molar-refractivity contribution is -0.141. The molecule has 2 N–H and O–H groups in total. The largest absolute Gasteiger partial charge is 0.497 e. The zero-order valence-electron chi connectivity index (χ0n) is 25.2. The Labute approximate surface area is 249 Å². The molecular formula is C33H46N4O5. The Morgan fingerprint density at radius 2 is 1.79 bits per heavy atom. The fourth-order valence-corrected chi connectivity index (χ4v) is 8.10. The molecule has 42 heavy (non-hydrogen) atoms. The van der Waals surface area contributed by atoms with Crippen molar-refractivity contribution in [2.24, 2.45) is 23.7 Å². The van der Waals surface area contributed by atoms with Gasteiger partial charge in [-0.1, -0.05) is 45.3 Å². The van der Waals surface area contributed by atoms with Gasteiger partial charge in [0, 0.05) is 18.3 Å². The molecule has 4 heterocycles. The van der Waals surface area contributed by atoms with Crippen LogP contribution in [0.3, 0.4) is 0 Å². The summed E-state index contributed by atoms with van der Waals surface area (Å²) in [4.78, 5) is 46.3. The maximum atomic E-state index is 14.2. The van der Waals surface area contributed by atoms with E-state index in [1.54, 1.807) is 36.3 Å². The average molecular weight is 579 g/mol. The van der Waals surface area contributed by atoms with Crippen LogP contribution in [-0.2, 0) is 19.1 Å².